The molecular formula is C23H19FN4O3. The fraction of sp³-hybridized carbons (Fsp3) is 0.174. The number of imidazole rings is 1. The van der Waals surface area contributed by atoms with E-state index in [1.54, 1.807) is 6.20 Å². The molecule has 0 amide bonds. The van der Waals surface area contributed by atoms with Crippen LogP contribution < -0.4 is 20.2 Å². The smallest absolute Gasteiger partial charge is 0.198 e. The van der Waals surface area contributed by atoms with Crippen LogP contribution in [0.25, 0.3) is 17.1 Å². The molecule has 5 rings (SSSR count). The van der Waals surface area contributed by atoms with Crippen molar-refractivity contribution in [1.82, 2.24) is 15.0 Å². The largest absolute Gasteiger partial charge is 0.493 e. The average Bonchev–Trinajstić information content (AvgIpc) is 3.41. The molecule has 2 aromatic carbocycles. The zero-order valence-electron chi connectivity index (χ0n) is 16.7. The predicted molar refractivity (Wildman–Crippen MR) is 112 cm³/mol. The summed E-state index contributed by atoms with van der Waals surface area (Å²) in [7, 11) is 1.44. The van der Waals surface area contributed by atoms with Crippen LogP contribution in [0, 0.1) is 5.82 Å². The molecule has 1 aliphatic heterocycles. The first-order valence-corrected chi connectivity index (χ1v) is 9.85. The van der Waals surface area contributed by atoms with Gasteiger partial charge in [-0.1, -0.05) is 18.2 Å². The summed E-state index contributed by atoms with van der Waals surface area (Å²) in [5.41, 5.74) is 2.65. The molecule has 0 radical (unpaired) electrons. The molecule has 0 saturated carbocycles. The van der Waals surface area contributed by atoms with Gasteiger partial charge >= 0.3 is 0 Å². The molecule has 1 aliphatic rings. The molecule has 0 bridgehead atoms. The molecule has 0 saturated heterocycles. The van der Waals surface area contributed by atoms with E-state index >= 15 is 0 Å². The number of ether oxygens (including phenoxy) is 2. The van der Waals surface area contributed by atoms with Crippen molar-refractivity contribution in [2.75, 3.05) is 13.7 Å². The van der Waals surface area contributed by atoms with Crippen molar-refractivity contribution in [2.24, 2.45) is 4.99 Å². The topological polar surface area (TPSA) is 92.4 Å². The zero-order valence-corrected chi connectivity index (χ0v) is 16.7. The van der Waals surface area contributed by atoms with Gasteiger partial charge in [-0.15, -0.1) is 0 Å². The minimum absolute atomic E-state index is 0.0892. The van der Waals surface area contributed by atoms with E-state index in [1.165, 1.54) is 19.2 Å². The summed E-state index contributed by atoms with van der Waals surface area (Å²) in [6, 6.07) is 10.1. The maximum atomic E-state index is 14.9. The van der Waals surface area contributed by atoms with Crippen molar-refractivity contribution >= 4 is 22.9 Å². The second kappa shape index (κ2) is 7.71. The third-order valence-electron chi connectivity index (χ3n) is 5.19. The van der Waals surface area contributed by atoms with Gasteiger partial charge < -0.3 is 19.4 Å². The molecule has 7 nitrogen and oxygen atoms in total. The molecule has 31 heavy (non-hydrogen) atoms. The van der Waals surface area contributed by atoms with Crippen molar-refractivity contribution in [2.45, 2.75) is 13.0 Å². The summed E-state index contributed by atoms with van der Waals surface area (Å²) in [4.78, 5) is 27.9. The normalized spacial score (nSPS) is 12.7. The lowest BCUT2D eigenvalue weighted by Gasteiger charge is -2.12. The highest BCUT2D eigenvalue weighted by Gasteiger charge is 2.21. The second-order valence-corrected chi connectivity index (χ2v) is 7.14. The number of carbonyl (C=O) groups is 1. The number of methoxy groups -OCH3 is 1. The number of nitrogens with zero attached hydrogens (tertiary/aromatic N) is 2. The number of carbonyl (C=O) groups excluding carboxylic acids is 1. The van der Waals surface area contributed by atoms with Crippen LogP contribution in [0.2, 0.25) is 0 Å². The molecule has 0 aliphatic carbocycles. The Morgan fingerprint density at radius 3 is 2.90 bits per heavy atom. The number of H-pyrrole nitrogens is 2. The Kier molecular flexibility index (Phi) is 4.74. The molecule has 0 unspecified atom stereocenters. The number of benzene rings is 2. The second-order valence-electron chi connectivity index (χ2n) is 7.14. The highest BCUT2D eigenvalue weighted by molar-refractivity contribution is 6.09. The fourth-order valence-corrected chi connectivity index (χ4v) is 3.68. The standard InChI is InChI=1S/C23H19FN4O3/c1-30-19-9-14(22(29)15-11-26-23-13(15)5-4-8-25-23)16(24)10-20(19)31-12-21-27-17-6-2-3-7-18(17)28-21/h2-3,5-7,9-11H,4,8,12H2,1H3,(H,25,26)(H,27,28). The maximum absolute atomic E-state index is 14.9. The Morgan fingerprint density at radius 2 is 2.06 bits per heavy atom. The van der Waals surface area contributed by atoms with E-state index in [9.17, 15) is 9.18 Å². The Labute approximate surface area is 176 Å². The summed E-state index contributed by atoms with van der Waals surface area (Å²) in [6.07, 6.45) is 4.24. The first-order chi connectivity index (χ1) is 15.1. The molecule has 2 aromatic heterocycles. The molecule has 4 aromatic rings. The van der Waals surface area contributed by atoms with Gasteiger partial charge in [0, 0.05) is 29.6 Å². The van der Waals surface area contributed by atoms with Gasteiger partial charge in [0.1, 0.15) is 23.7 Å². The van der Waals surface area contributed by atoms with Gasteiger partial charge in [0.15, 0.2) is 17.3 Å². The van der Waals surface area contributed by atoms with Crippen molar-refractivity contribution in [1.29, 1.82) is 0 Å². The average molecular weight is 418 g/mol. The number of aromatic amines is 2. The number of para-hydroxylation sites is 2. The lowest BCUT2D eigenvalue weighted by atomic mass is 10.0. The molecule has 0 spiro atoms. The fourth-order valence-electron chi connectivity index (χ4n) is 3.68. The molecular weight excluding hydrogens is 399 g/mol. The third kappa shape index (κ3) is 3.46. The number of hydrogen-bond donors (Lipinski definition) is 2. The van der Waals surface area contributed by atoms with Gasteiger partial charge in [-0.05, 0) is 24.6 Å². The van der Waals surface area contributed by atoms with Gasteiger partial charge in [-0.25, -0.2) is 9.37 Å². The van der Waals surface area contributed by atoms with E-state index in [4.69, 9.17) is 9.47 Å². The van der Waals surface area contributed by atoms with E-state index < -0.39 is 11.6 Å². The summed E-state index contributed by atoms with van der Waals surface area (Å²) in [5, 5.41) is 0.708. The minimum Gasteiger partial charge on any atom is -0.493 e. The summed E-state index contributed by atoms with van der Waals surface area (Å²) < 4.78 is 26.0. The first kappa shape index (κ1) is 19.0. The van der Waals surface area contributed by atoms with Gasteiger partial charge in [0.05, 0.1) is 23.7 Å². The van der Waals surface area contributed by atoms with E-state index in [2.05, 4.69) is 19.9 Å². The highest BCUT2D eigenvalue weighted by Crippen LogP contribution is 2.31. The van der Waals surface area contributed by atoms with Crippen LogP contribution in [0.1, 0.15) is 28.2 Å². The third-order valence-corrected chi connectivity index (χ3v) is 5.19. The minimum atomic E-state index is -0.687. The number of fused-ring (bicyclic) bond motifs is 2. The maximum Gasteiger partial charge on any atom is 0.198 e. The lowest BCUT2D eigenvalue weighted by Crippen LogP contribution is -2.30. The van der Waals surface area contributed by atoms with Gasteiger partial charge in [-0.3, -0.25) is 9.79 Å². The first-order valence-electron chi connectivity index (χ1n) is 9.85. The van der Waals surface area contributed by atoms with Crippen LogP contribution in [0.4, 0.5) is 4.39 Å². The Balaban J connectivity index is 1.44. The van der Waals surface area contributed by atoms with Crippen molar-refractivity contribution < 1.29 is 18.7 Å². The molecule has 156 valence electrons. The van der Waals surface area contributed by atoms with Crippen LogP contribution in [0.5, 0.6) is 11.5 Å². The molecule has 8 heteroatoms. The number of ketones is 1. The van der Waals surface area contributed by atoms with Crippen LogP contribution >= 0.6 is 0 Å². The SMILES string of the molecule is COc1cc(C(=O)c2c[nH]c3c2=CCCN=3)c(F)cc1OCc1nc2ccccc2[nH]1. The Bertz CT molecular complexity index is 1390. The summed E-state index contributed by atoms with van der Waals surface area (Å²) in [6.45, 7) is 0.764. The van der Waals surface area contributed by atoms with E-state index in [-0.39, 0.29) is 23.7 Å². The van der Waals surface area contributed by atoms with Crippen LogP contribution in [-0.4, -0.2) is 34.4 Å². The number of hydrogen-bond acceptors (Lipinski definition) is 5. The Morgan fingerprint density at radius 1 is 1.19 bits per heavy atom. The number of rotatable bonds is 6. The highest BCUT2D eigenvalue weighted by atomic mass is 19.1. The molecule has 0 atom stereocenters. The number of halogens is 1. The van der Waals surface area contributed by atoms with Crippen LogP contribution in [0.15, 0.2) is 47.6 Å². The Hall–Kier alpha value is -3.94. The zero-order chi connectivity index (χ0) is 21.4. The molecule has 2 N–H and O–H groups in total. The summed E-state index contributed by atoms with van der Waals surface area (Å²) >= 11 is 0. The monoisotopic (exact) mass is 418 g/mol. The number of aromatic nitrogens is 3. The quantitative estimate of drug-likeness (QED) is 0.471. The van der Waals surface area contributed by atoms with E-state index in [0.29, 0.717) is 28.6 Å². The van der Waals surface area contributed by atoms with E-state index in [1.807, 2.05) is 30.3 Å². The molecule has 0 fully saturated rings. The van der Waals surface area contributed by atoms with Gasteiger partial charge in [-0.2, -0.15) is 0 Å². The van der Waals surface area contributed by atoms with Crippen LogP contribution in [-0.2, 0) is 6.61 Å². The lowest BCUT2D eigenvalue weighted by molar-refractivity contribution is 0.103. The van der Waals surface area contributed by atoms with Gasteiger partial charge in [0.25, 0.3) is 0 Å². The predicted octanol–water partition coefficient (Wildman–Crippen LogP) is 2.65. The van der Waals surface area contributed by atoms with Crippen molar-refractivity contribution in [3.8, 4) is 11.5 Å². The molecule has 3 heterocycles. The number of nitrogens with one attached hydrogen (secondary N) is 2. The van der Waals surface area contributed by atoms with Crippen LogP contribution in [0.3, 0.4) is 0 Å². The van der Waals surface area contributed by atoms with Gasteiger partial charge in [0.2, 0.25) is 0 Å². The van der Waals surface area contributed by atoms with E-state index in [0.717, 1.165) is 17.5 Å². The van der Waals surface area contributed by atoms with Crippen molar-refractivity contribution in [3.63, 3.8) is 0 Å². The summed E-state index contributed by atoms with van der Waals surface area (Å²) in [5.74, 6) is -0.0748. The van der Waals surface area contributed by atoms with Crippen molar-refractivity contribution in [3.05, 3.63) is 76.1 Å².